The van der Waals surface area contributed by atoms with E-state index >= 15 is 0 Å². The fourth-order valence-corrected chi connectivity index (χ4v) is 2.71. The van der Waals surface area contributed by atoms with E-state index in [1.165, 1.54) is 6.42 Å². The number of hydrogen-bond donors (Lipinski definition) is 0. The lowest BCUT2D eigenvalue weighted by molar-refractivity contribution is -0.159. The van der Waals surface area contributed by atoms with Gasteiger partial charge in [0.05, 0.1) is 6.61 Å². The van der Waals surface area contributed by atoms with Crippen molar-refractivity contribution in [2.45, 2.75) is 51.0 Å². The Kier molecular flexibility index (Phi) is 3.17. The van der Waals surface area contributed by atoms with Crippen LogP contribution in [0.5, 0.6) is 0 Å². The van der Waals surface area contributed by atoms with E-state index in [-0.39, 0.29) is 11.6 Å². The van der Waals surface area contributed by atoms with Crippen LogP contribution in [0.2, 0.25) is 0 Å². The molecule has 1 spiro atoms. The molecule has 90 valence electrons. The summed E-state index contributed by atoms with van der Waals surface area (Å²) in [6.07, 6.45) is 5.68. The average Bonchev–Trinajstić information content (AvgIpc) is 2.57. The molecule has 1 heterocycles. The molecule has 1 aliphatic heterocycles. The normalized spacial score (nSPS) is 27.8. The van der Waals surface area contributed by atoms with Crippen LogP contribution >= 0.6 is 0 Å². The van der Waals surface area contributed by atoms with Crippen molar-refractivity contribution in [1.82, 2.24) is 0 Å². The highest BCUT2D eigenvalue weighted by Gasteiger charge is 2.50. The highest BCUT2D eigenvalue weighted by Crippen LogP contribution is 2.42. The van der Waals surface area contributed by atoms with Crippen LogP contribution in [0, 0.1) is 5.92 Å². The number of ether oxygens (including phenoxy) is 2. The van der Waals surface area contributed by atoms with E-state index in [2.05, 4.69) is 0 Å². The van der Waals surface area contributed by atoms with Crippen molar-refractivity contribution >= 4 is 11.9 Å². The number of hydrogen-bond acceptors (Lipinski definition) is 4. The Hall–Kier alpha value is -1.06. The smallest absolute Gasteiger partial charge is 0.321 e. The SMILES string of the molecule is CCOC(=O)C1CC2(CCCCC2)OC1=O. The first kappa shape index (κ1) is 11.4. The second kappa shape index (κ2) is 4.44. The maximum Gasteiger partial charge on any atom is 0.321 e. The fourth-order valence-electron chi connectivity index (χ4n) is 2.71. The molecule has 0 radical (unpaired) electrons. The lowest BCUT2D eigenvalue weighted by atomic mass is 9.81. The van der Waals surface area contributed by atoms with Crippen molar-refractivity contribution in [3.8, 4) is 0 Å². The van der Waals surface area contributed by atoms with Crippen molar-refractivity contribution in [3.05, 3.63) is 0 Å². The molecule has 4 nitrogen and oxygen atoms in total. The van der Waals surface area contributed by atoms with Crippen molar-refractivity contribution in [3.63, 3.8) is 0 Å². The summed E-state index contributed by atoms with van der Waals surface area (Å²) in [5, 5.41) is 0. The molecule has 1 unspecified atom stereocenters. The molecule has 1 aliphatic carbocycles. The lowest BCUT2D eigenvalue weighted by Crippen LogP contribution is -2.31. The summed E-state index contributed by atoms with van der Waals surface area (Å²) >= 11 is 0. The molecule has 1 atom stereocenters. The molecule has 0 aromatic rings. The molecule has 2 aliphatic rings. The molecule has 2 fully saturated rings. The first-order valence-electron chi connectivity index (χ1n) is 6.06. The highest BCUT2D eigenvalue weighted by atomic mass is 16.6. The van der Waals surface area contributed by atoms with E-state index < -0.39 is 11.9 Å². The van der Waals surface area contributed by atoms with E-state index in [1.54, 1.807) is 6.92 Å². The third kappa shape index (κ3) is 2.06. The molecule has 16 heavy (non-hydrogen) atoms. The van der Waals surface area contributed by atoms with Gasteiger partial charge in [-0.05, 0) is 32.6 Å². The van der Waals surface area contributed by atoms with Crippen LogP contribution in [0.3, 0.4) is 0 Å². The zero-order valence-corrected chi connectivity index (χ0v) is 9.66. The number of rotatable bonds is 2. The molecule has 4 heteroatoms. The largest absolute Gasteiger partial charge is 0.465 e. The van der Waals surface area contributed by atoms with E-state index in [0.29, 0.717) is 13.0 Å². The van der Waals surface area contributed by atoms with Crippen LogP contribution in [0.4, 0.5) is 0 Å². The van der Waals surface area contributed by atoms with E-state index in [1.807, 2.05) is 0 Å². The highest BCUT2D eigenvalue weighted by molar-refractivity contribution is 5.96. The summed E-state index contributed by atoms with van der Waals surface area (Å²) in [6.45, 7) is 2.06. The summed E-state index contributed by atoms with van der Waals surface area (Å²) in [7, 11) is 0. The zero-order valence-electron chi connectivity index (χ0n) is 9.66. The van der Waals surface area contributed by atoms with Crippen LogP contribution in [0.15, 0.2) is 0 Å². The number of esters is 2. The predicted molar refractivity (Wildman–Crippen MR) is 56.6 cm³/mol. The molecule has 2 rings (SSSR count). The quantitative estimate of drug-likeness (QED) is 0.532. The minimum Gasteiger partial charge on any atom is -0.465 e. The van der Waals surface area contributed by atoms with Crippen LogP contribution < -0.4 is 0 Å². The summed E-state index contributed by atoms with van der Waals surface area (Å²) in [4.78, 5) is 23.2. The first-order chi connectivity index (χ1) is 7.67. The van der Waals surface area contributed by atoms with Gasteiger partial charge in [-0.3, -0.25) is 9.59 Å². The monoisotopic (exact) mass is 226 g/mol. The molecule has 1 saturated heterocycles. The predicted octanol–water partition coefficient (Wildman–Crippen LogP) is 1.82. The van der Waals surface area contributed by atoms with E-state index in [0.717, 1.165) is 25.7 Å². The van der Waals surface area contributed by atoms with Crippen LogP contribution in [-0.4, -0.2) is 24.1 Å². The van der Waals surface area contributed by atoms with Crippen LogP contribution in [0.25, 0.3) is 0 Å². The van der Waals surface area contributed by atoms with Gasteiger partial charge in [0.2, 0.25) is 0 Å². The molecule has 0 bridgehead atoms. The minimum absolute atomic E-state index is 0.315. The number of carbonyl (C=O) groups excluding carboxylic acids is 2. The Labute approximate surface area is 95.3 Å². The van der Waals surface area contributed by atoms with Gasteiger partial charge in [0.15, 0.2) is 5.92 Å². The second-order valence-electron chi connectivity index (χ2n) is 4.67. The maximum atomic E-state index is 11.6. The lowest BCUT2D eigenvalue weighted by Gasteiger charge is -2.31. The van der Waals surface area contributed by atoms with Crippen molar-refractivity contribution in [2.75, 3.05) is 6.61 Å². The second-order valence-corrected chi connectivity index (χ2v) is 4.67. The Morgan fingerprint density at radius 1 is 1.44 bits per heavy atom. The topological polar surface area (TPSA) is 52.6 Å². The third-order valence-electron chi connectivity index (χ3n) is 3.51. The Morgan fingerprint density at radius 3 is 2.75 bits per heavy atom. The molecular weight excluding hydrogens is 208 g/mol. The first-order valence-corrected chi connectivity index (χ1v) is 6.06. The number of carbonyl (C=O) groups is 2. The molecule has 1 saturated carbocycles. The van der Waals surface area contributed by atoms with Crippen LogP contribution in [0.1, 0.15) is 45.4 Å². The Balaban J connectivity index is 2.03. The molecule has 0 amide bonds. The van der Waals surface area contributed by atoms with Gasteiger partial charge in [-0.15, -0.1) is 0 Å². The molecule has 0 aromatic carbocycles. The van der Waals surface area contributed by atoms with Gasteiger partial charge in [-0.1, -0.05) is 6.42 Å². The summed E-state index contributed by atoms with van der Waals surface area (Å²) in [5.41, 5.74) is -0.354. The van der Waals surface area contributed by atoms with Gasteiger partial charge in [0.25, 0.3) is 0 Å². The van der Waals surface area contributed by atoms with Gasteiger partial charge in [0, 0.05) is 6.42 Å². The van der Waals surface area contributed by atoms with Gasteiger partial charge >= 0.3 is 11.9 Å². The van der Waals surface area contributed by atoms with Crippen LogP contribution in [-0.2, 0) is 19.1 Å². The standard InChI is InChI=1S/C12H18O4/c1-2-15-10(13)9-8-12(16-11(9)14)6-4-3-5-7-12/h9H,2-8H2,1H3. The average molecular weight is 226 g/mol. The fraction of sp³-hybridized carbons (Fsp3) is 0.833. The maximum absolute atomic E-state index is 11.6. The third-order valence-corrected chi connectivity index (χ3v) is 3.51. The van der Waals surface area contributed by atoms with Gasteiger partial charge < -0.3 is 9.47 Å². The van der Waals surface area contributed by atoms with E-state index in [4.69, 9.17) is 9.47 Å². The summed E-state index contributed by atoms with van der Waals surface area (Å²) in [5.74, 6) is -1.49. The zero-order chi connectivity index (χ0) is 11.6. The van der Waals surface area contributed by atoms with E-state index in [9.17, 15) is 9.59 Å². The van der Waals surface area contributed by atoms with Crippen molar-refractivity contribution < 1.29 is 19.1 Å². The minimum atomic E-state index is -0.682. The molecule has 0 aromatic heterocycles. The Morgan fingerprint density at radius 2 is 2.12 bits per heavy atom. The summed E-state index contributed by atoms with van der Waals surface area (Å²) in [6, 6.07) is 0. The van der Waals surface area contributed by atoms with Crippen molar-refractivity contribution in [1.29, 1.82) is 0 Å². The van der Waals surface area contributed by atoms with Gasteiger partial charge in [0.1, 0.15) is 5.60 Å². The molecule has 0 N–H and O–H groups in total. The summed E-state index contributed by atoms with van der Waals surface area (Å²) < 4.78 is 10.3. The van der Waals surface area contributed by atoms with Crippen molar-refractivity contribution in [2.24, 2.45) is 5.92 Å². The van der Waals surface area contributed by atoms with Gasteiger partial charge in [-0.25, -0.2) is 0 Å². The Bertz CT molecular complexity index is 291. The molecular formula is C12H18O4. The van der Waals surface area contributed by atoms with Gasteiger partial charge in [-0.2, -0.15) is 0 Å².